The first-order valence-corrected chi connectivity index (χ1v) is 8.75. The first-order valence-electron chi connectivity index (χ1n) is 8.75. The van der Waals surface area contributed by atoms with Gasteiger partial charge in [0.2, 0.25) is 5.91 Å². The number of rotatable bonds is 5. The number of nitrogens with zero attached hydrogens (tertiary/aromatic N) is 2. The molecule has 1 aliphatic rings. The summed E-state index contributed by atoms with van der Waals surface area (Å²) in [4.78, 5) is 12.5. The quantitative estimate of drug-likeness (QED) is 0.814. The zero-order chi connectivity index (χ0) is 18.7. The van der Waals surface area contributed by atoms with E-state index in [0.717, 1.165) is 16.8 Å². The van der Waals surface area contributed by atoms with Crippen molar-refractivity contribution in [3.63, 3.8) is 0 Å². The van der Waals surface area contributed by atoms with Crippen LogP contribution in [-0.2, 0) is 4.79 Å². The molecule has 1 aliphatic heterocycles. The van der Waals surface area contributed by atoms with Crippen LogP contribution in [0.2, 0.25) is 0 Å². The summed E-state index contributed by atoms with van der Waals surface area (Å²) in [5.41, 5.74) is 4.14. The Morgan fingerprint density at radius 1 is 1.15 bits per heavy atom. The predicted octanol–water partition coefficient (Wildman–Crippen LogP) is 4.10. The molecule has 0 unspecified atom stereocenters. The molecule has 0 aliphatic carbocycles. The molecule has 5 heteroatoms. The molecule has 0 spiro atoms. The number of hydrogen-bond acceptors (Lipinski definition) is 4. The Morgan fingerprint density at radius 2 is 1.92 bits per heavy atom. The molecule has 5 nitrogen and oxygen atoms in total. The number of carbonyl (C=O) groups excluding carboxylic acids is 1. The molecule has 0 N–H and O–H groups in total. The predicted molar refractivity (Wildman–Crippen MR) is 102 cm³/mol. The largest absolute Gasteiger partial charge is 0.493 e. The van der Waals surface area contributed by atoms with E-state index in [1.54, 1.807) is 19.2 Å². The second kappa shape index (κ2) is 7.60. The highest BCUT2D eigenvalue weighted by molar-refractivity contribution is 6.03. The molecule has 0 saturated carbocycles. The number of ether oxygens (including phenoxy) is 2. The van der Waals surface area contributed by atoms with Crippen molar-refractivity contribution in [2.24, 2.45) is 5.10 Å². The van der Waals surface area contributed by atoms with Crippen LogP contribution < -0.4 is 9.47 Å². The maximum atomic E-state index is 12.5. The van der Waals surface area contributed by atoms with Gasteiger partial charge >= 0.3 is 0 Å². The molecule has 0 bridgehead atoms. The fourth-order valence-electron chi connectivity index (χ4n) is 3.22. The SMILES string of the molecule is CCC(=O)N1N=C(c2cccc(C)c2)C[C@H]1c1ccc(OC)c(OC)c1. The minimum absolute atomic E-state index is 0.00689. The lowest BCUT2D eigenvalue weighted by Crippen LogP contribution is -2.26. The van der Waals surface area contributed by atoms with Crippen molar-refractivity contribution in [2.75, 3.05) is 14.2 Å². The summed E-state index contributed by atoms with van der Waals surface area (Å²) in [6.45, 7) is 3.91. The van der Waals surface area contributed by atoms with Gasteiger partial charge in [0.1, 0.15) is 0 Å². The Balaban J connectivity index is 1.98. The van der Waals surface area contributed by atoms with E-state index in [1.807, 2.05) is 37.3 Å². The number of aryl methyl sites for hydroxylation is 1. The van der Waals surface area contributed by atoms with Gasteiger partial charge in [-0.15, -0.1) is 0 Å². The van der Waals surface area contributed by atoms with E-state index >= 15 is 0 Å². The van der Waals surface area contributed by atoms with Gasteiger partial charge in [-0.25, -0.2) is 5.01 Å². The van der Waals surface area contributed by atoms with E-state index in [-0.39, 0.29) is 11.9 Å². The first kappa shape index (κ1) is 18.0. The molecular formula is C21H24N2O3. The Hall–Kier alpha value is -2.82. The molecule has 0 aromatic heterocycles. The van der Waals surface area contributed by atoms with E-state index < -0.39 is 0 Å². The lowest BCUT2D eigenvalue weighted by atomic mass is 9.97. The molecule has 0 fully saturated rings. The van der Waals surface area contributed by atoms with Crippen LogP contribution in [0.1, 0.15) is 42.5 Å². The molecule has 0 saturated heterocycles. The van der Waals surface area contributed by atoms with Gasteiger partial charge < -0.3 is 9.47 Å². The second-order valence-corrected chi connectivity index (χ2v) is 6.34. The molecular weight excluding hydrogens is 328 g/mol. The fourth-order valence-corrected chi connectivity index (χ4v) is 3.22. The van der Waals surface area contributed by atoms with Crippen LogP contribution in [0, 0.1) is 6.92 Å². The Bertz CT molecular complexity index is 845. The van der Waals surface area contributed by atoms with Gasteiger partial charge in [0.05, 0.1) is 26.0 Å². The molecule has 26 heavy (non-hydrogen) atoms. The van der Waals surface area contributed by atoms with Gasteiger partial charge in [-0.1, -0.05) is 42.8 Å². The number of carbonyl (C=O) groups is 1. The number of hydrazone groups is 1. The summed E-state index contributed by atoms with van der Waals surface area (Å²) in [6, 6.07) is 13.8. The van der Waals surface area contributed by atoms with Crippen molar-refractivity contribution in [1.29, 1.82) is 0 Å². The summed E-state index contributed by atoms with van der Waals surface area (Å²) in [5.74, 6) is 1.33. The molecule has 136 valence electrons. The number of hydrogen-bond donors (Lipinski definition) is 0. The van der Waals surface area contributed by atoms with Gasteiger partial charge in [-0.05, 0) is 30.2 Å². The van der Waals surface area contributed by atoms with Gasteiger partial charge in [-0.2, -0.15) is 5.10 Å². The fraction of sp³-hybridized carbons (Fsp3) is 0.333. The molecule has 1 amide bonds. The first-order chi connectivity index (χ1) is 12.6. The standard InChI is InChI=1S/C21H24N2O3/c1-5-21(24)23-18(16-9-10-19(25-3)20(12-16)26-4)13-17(22-23)15-8-6-7-14(2)11-15/h6-12,18H,5,13H2,1-4H3/t18-/m0/s1. The Labute approximate surface area is 154 Å². The molecule has 0 radical (unpaired) electrons. The van der Waals surface area contributed by atoms with Crippen LogP contribution in [0.5, 0.6) is 11.5 Å². The topological polar surface area (TPSA) is 51.1 Å². The summed E-state index contributed by atoms with van der Waals surface area (Å²) in [7, 11) is 3.22. The van der Waals surface area contributed by atoms with E-state index in [9.17, 15) is 4.79 Å². The summed E-state index contributed by atoms with van der Waals surface area (Å²) in [5, 5.41) is 6.26. The maximum Gasteiger partial charge on any atom is 0.242 e. The second-order valence-electron chi connectivity index (χ2n) is 6.34. The van der Waals surface area contributed by atoms with Gasteiger partial charge in [0.15, 0.2) is 11.5 Å². The highest BCUT2D eigenvalue weighted by Gasteiger charge is 2.32. The Kier molecular flexibility index (Phi) is 5.26. The van der Waals surface area contributed by atoms with Gasteiger partial charge in [0, 0.05) is 12.8 Å². The molecule has 3 rings (SSSR count). The van der Waals surface area contributed by atoms with Crippen LogP contribution in [0.4, 0.5) is 0 Å². The third-order valence-electron chi connectivity index (χ3n) is 4.61. The van der Waals surface area contributed by atoms with Crippen LogP contribution in [0.3, 0.4) is 0 Å². The molecule has 1 atom stereocenters. The van der Waals surface area contributed by atoms with E-state index in [1.165, 1.54) is 5.56 Å². The summed E-state index contributed by atoms with van der Waals surface area (Å²) >= 11 is 0. The van der Waals surface area contributed by atoms with E-state index in [4.69, 9.17) is 9.47 Å². The monoisotopic (exact) mass is 352 g/mol. The number of methoxy groups -OCH3 is 2. The Morgan fingerprint density at radius 3 is 2.58 bits per heavy atom. The molecule has 2 aromatic carbocycles. The zero-order valence-electron chi connectivity index (χ0n) is 15.7. The smallest absolute Gasteiger partial charge is 0.242 e. The van der Waals surface area contributed by atoms with Crippen molar-refractivity contribution >= 4 is 11.6 Å². The van der Waals surface area contributed by atoms with E-state index in [0.29, 0.717) is 24.3 Å². The molecule has 2 aromatic rings. The minimum atomic E-state index is -0.141. The maximum absolute atomic E-state index is 12.5. The van der Waals surface area contributed by atoms with Gasteiger partial charge in [-0.3, -0.25) is 4.79 Å². The molecule has 1 heterocycles. The zero-order valence-corrected chi connectivity index (χ0v) is 15.7. The van der Waals surface area contributed by atoms with Crippen molar-refractivity contribution in [1.82, 2.24) is 5.01 Å². The normalized spacial score (nSPS) is 16.4. The highest BCUT2D eigenvalue weighted by Crippen LogP contribution is 2.37. The van der Waals surface area contributed by atoms with Crippen LogP contribution >= 0.6 is 0 Å². The van der Waals surface area contributed by atoms with Gasteiger partial charge in [0.25, 0.3) is 0 Å². The third-order valence-corrected chi connectivity index (χ3v) is 4.61. The third kappa shape index (κ3) is 3.43. The van der Waals surface area contributed by atoms with Crippen molar-refractivity contribution in [2.45, 2.75) is 32.7 Å². The van der Waals surface area contributed by atoms with Crippen LogP contribution in [0.15, 0.2) is 47.6 Å². The van der Waals surface area contributed by atoms with Crippen LogP contribution in [-0.4, -0.2) is 30.8 Å². The van der Waals surface area contributed by atoms with Crippen molar-refractivity contribution in [3.8, 4) is 11.5 Å². The highest BCUT2D eigenvalue weighted by atomic mass is 16.5. The van der Waals surface area contributed by atoms with Crippen LogP contribution in [0.25, 0.3) is 0 Å². The average molecular weight is 352 g/mol. The van der Waals surface area contributed by atoms with Crippen molar-refractivity contribution in [3.05, 3.63) is 59.2 Å². The minimum Gasteiger partial charge on any atom is -0.493 e. The summed E-state index contributed by atoms with van der Waals surface area (Å²) < 4.78 is 10.7. The average Bonchev–Trinajstić information content (AvgIpc) is 3.12. The van der Waals surface area contributed by atoms with E-state index in [2.05, 4.69) is 24.2 Å². The summed E-state index contributed by atoms with van der Waals surface area (Å²) in [6.07, 6.45) is 1.08. The van der Waals surface area contributed by atoms with Crippen molar-refractivity contribution < 1.29 is 14.3 Å². The number of benzene rings is 2. The lowest BCUT2D eigenvalue weighted by molar-refractivity contribution is -0.132. The number of amides is 1. The lowest BCUT2D eigenvalue weighted by Gasteiger charge is -2.22.